The Morgan fingerprint density at radius 2 is 2.30 bits per heavy atom. The molecule has 1 heteroatoms. The molecule has 10 heavy (non-hydrogen) atoms. The quantitative estimate of drug-likeness (QED) is 0.580. The highest BCUT2D eigenvalue weighted by Gasteiger charge is 2.43. The normalized spacial score (nSPS) is 33.9. The Labute approximate surface area is 62.1 Å². The number of likely N-dealkylation sites (N-methyl/N-ethyl adjacent to an activating group) is 1. The van der Waals surface area contributed by atoms with Gasteiger partial charge in [-0.2, -0.15) is 0 Å². The third-order valence-electron chi connectivity index (χ3n) is 2.03. The molecule has 0 heterocycles. The van der Waals surface area contributed by atoms with E-state index in [1.807, 2.05) is 25.3 Å². The summed E-state index contributed by atoms with van der Waals surface area (Å²) in [4.78, 5) is 0. The van der Waals surface area contributed by atoms with Gasteiger partial charge in [-0.25, -0.2) is 0 Å². The highest BCUT2D eigenvalue weighted by Crippen LogP contribution is 2.43. The minimum absolute atomic E-state index is 0.105. The predicted molar refractivity (Wildman–Crippen MR) is 44.9 cm³/mol. The van der Waals surface area contributed by atoms with Gasteiger partial charge in [-0.05, 0) is 19.0 Å². The molecule has 0 aromatic heterocycles. The van der Waals surface area contributed by atoms with Crippen LogP contribution in [0.3, 0.4) is 0 Å². The zero-order chi connectivity index (χ0) is 7.61. The highest BCUT2D eigenvalue weighted by atomic mass is 15.0. The van der Waals surface area contributed by atoms with Crippen molar-refractivity contribution in [2.75, 3.05) is 7.05 Å². The Hall–Kier alpha value is -0.820. The van der Waals surface area contributed by atoms with Crippen LogP contribution in [-0.2, 0) is 0 Å². The van der Waals surface area contributed by atoms with Crippen LogP contribution < -0.4 is 5.32 Å². The molecule has 1 fully saturated rings. The third kappa shape index (κ3) is 0.929. The molecule has 1 nitrogen and oxygen atoms in total. The fourth-order valence-electron chi connectivity index (χ4n) is 1.16. The molecule has 0 aromatic rings. The van der Waals surface area contributed by atoms with Crippen LogP contribution in [0.4, 0.5) is 0 Å². The molecule has 0 bridgehead atoms. The minimum Gasteiger partial charge on any atom is -0.307 e. The maximum atomic E-state index is 3.76. The molecule has 1 rings (SSSR count). The molecule has 1 atom stereocenters. The summed E-state index contributed by atoms with van der Waals surface area (Å²) in [6.07, 6.45) is 6.89. The van der Waals surface area contributed by atoms with Crippen LogP contribution in [0, 0.1) is 0 Å². The van der Waals surface area contributed by atoms with Crippen LogP contribution in [0.1, 0.15) is 6.42 Å². The lowest BCUT2D eigenvalue weighted by Gasteiger charge is -2.04. The van der Waals surface area contributed by atoms with Gasteiger partial charge >= 0.3 is 0 Å². The largest absolute Gasteiger partial charge is 0.307 e. The van der Waals surface area contributed by atoms with Crippen LogP contribution in [-0.4, -0.2) is 12.6 Å². The first-order chi connectivity index (χ1) is 4.79. The molecule has 54 valence electrons. The molecule has 1 N–H and O–H groups in total. The van der Waals surface area contributed by atoms with Gasteiger partial charge in [-0.3, -0.25) is 0 Å². The average Bonchev–Trinajstić information content (AvgIpc) is 2.65. The van der Waals surface area contributed by atoms with Gasteiger partial charge in [0, 0.05) is 0 Å². The SMILES string of the molecule is C=C/C=C1\CC1(C=C)NC. The van der Waals surface area contributed by atoms with Crippen molar-refractivity contribution < 1.29 is 0 Å². The molecule has 1 saturated carbocycles. The minimum atomic E-state index is 0.105. The van der Waals surface area contributed by atoms with E-state index < -0.39 is 0 Å². The van der Waals surface area contributed by atoms with E-state index >= 15 is 0 Å². The first-order valence-corrected chi connectivity index (χ1v) is 3.43. The molecule has 0 aromatic carbocycles. The molecule has 1 unspecified atom stereocenters. The first-order valence-electron chi connectivity index (χ1n) is 3.43. The van der Waals surface area contributed by atoms with Crippen LogP contribution in [0.2, 0.25) is 0 Å². The van der Waals surface area contributed by atoms with Gasteiger partial charge in [0.1, 0.15) is 0 Å². The van der Waals surface area contributed by atoms with Gasteiger partial charge in [0.05, 0.1) is 5.54 Å². The average molecular weight is 135 g/mol. The van der Waals surface area contributed by atoms with E-state index in [1.54, 1.807) is 0 Å². The summed E-state index contributed by atoms with van der Waals surface area (Å²) in [6.45, 7) is 7.40. The third-order valence-corrected chi connectivity index (χ3v) is 2.03. The number of hydrogen-bond donors (Lipinski definition) is 1. The standard InChI is InChI=1S/C9H13N/c1-4-6-8-7-9(8,5-2)10-3/h4-6,10H,1-2,7H2,3H3/b8-6+. The summed E-state index contributed by atoms with van der Waals surface area (Å²) in [5.41, 5.74) is 1.48. The van der Waals surface area contributed by atoms with Crippen LogP contribution >= 0.6 is 0 Å². The molecule has 0 saturated heterocycles. The van der Waals surface area contributed by atoms with E-state index in [9.17, 15) is 0 Å². The van der Waals surface area contributed by atoms with Gasteiger partial charge in [-0.15, -0.1) is 6.58 Å². The second-order valence-electron chi connectivity index (χ2n) is 2.53. The maximum Gasteiger partial charge on any atom is 0.0617 e. The lowest BCUT2D eigenvalue weighted by atomic mass is 10.2. The molecular formula is C9H13N. The Morgan fingerprint density at radius 3 is 2.60 bits per heavy atom. The summed E-state index contributed by atoms with van der Waals surface area (Å²) < 4.78 is 0. The summed E-state index contributed by atoms with van der Waals surface area (Å²) in [7, 11) is 1.95. The molecule has 0 spiro atoms. The zero-order valence-electron chi connectivity index (χ0n) is 6.35. The summed E-state index contributed by atoms with van der Waals surface area (Å²) in [5, 5.41) is 3.20. The summed E-state index contributed by atoms with van der Waals surface area (Å²) >= 11 is 0. The smallest absolute Gasteiger partial charge is 0.0617 e. The maximum absolute atomic E-state index is 3.76. The van der Waals surface area contributed by atoms with Crippen LogP contribution in [0.5, 0.6) is 0 Å². The number of nitrogens with one attached hydrogen (secondary N) is 1. The van der Waals surface area contributed by atoms with Gasteiger partial charge in [-0.1, -0.05) is 24.8 Å². The van der Waals surface area contributed by atoms with Gasteiger partial charge < -0.3 is 5.32 Å². The van der Waals surface area contributed by atoms with Gasteiger partial charge in [0.15, 0.2) is 0 Å². The van der Waals surface area contributed by atoms with Crippen molar-refractivity contribution in [2.24, 2.45) is 0 Å². The fourth-order valence-corrected chi connectivity index (χ4v) is 1.16. The zero-order valence-corrected chi connectivity index (χ0v) is 6.35. The van der Waals surface area contributed by atoms with E-state index in [0.29, 0.717) is 0 Å². The van der Waals surface area contributed by atoms with Crippen molar-refractivity contribution in [3.63, 3.8) is 0 Å². The van der Waals surface area contributed by atoms with E-state index in [1.165, 1.54) is 5.57 Å². The molecule has 0 amide bonds. The van der Waals surface area contributed by atoms with E-state index in [4.69, 9.17) is 0 Å². The lowest BCUT2D eigenvalue weighted by molar-refractivity contribution is 0.696. The second kappa shape index (κ2) is 2.43. The topological polar surface area (TPSA) is 12.0 Å². The van der Waals surface area contributed by atoms with Crippen molar-refractivity contribution in [1.82, 2.24) is 5.32 Å². The molecule has 0 radical (unpaired) electrons. The Bertz CT molecular complexity index is 191. The Kier molecular flexibility index (Phi) is 1.77. The molecular weight excluding hydrogens is 122 g/mol. The molecule has 0 aliphatic heterocycles. The van der Waals surface area contributed by atoms with Crippen molar-refractivity contribution in [3.8, 4) is 0 Å². The van der Waals surface area contributed by atoms with Crippen molar-refractivity contribution in [3.05, 3.63) is 37.0 Å². The molecule has 1 aliphatic carbocycles. The van der Waals surface area contributed by atoms with Crippen LogP contribution in [0.25, 0.3) is 0 Å². The summed E-state index contributed by atoms with van der Waals surface area (Å²) in [6, 6.07) is 0. The van der Waals surface area contributed by atoms with Crippen LogP contribution in [0.15, 0.2) is 37.0 Å². The van der Waals surface area contributed by atoms with Crippen molar-refractivity contribution in [2.45, 2.75) is 12.0 Å². The summed E-state index contributed by atoms with van der Waals surface area (Å²) in [5.74, 6) is 0. The number of rotatable bonds is 3. The van der Waals surface area contributed by atoms with Gasteiger partial charge in [0.25, 0.3) is 0 Å². The fraction of sp³-hybridized carbons (Fsp3) is 0.333. The van der Waals surface area contributed by atoms with Crippen molar-refractivity contribution >= 4 is 0 Å². The molecule has 1 aliphatic rings. The van der Waals surface area contributed by atoms with E-state index in [2.05, 4.69) is 18.5 Å². The first kappa shape index (κ1) is 7.29. The van der Waals surface area contributed by atoms with Gasteiger partial charge in [0.2, 0.25) is 0 Å². The Morgan fingerprint density at radius 1 is 1.60 bits per heavy atom. The number of hydrogen-bond acceptors (Lipinski definition) is 1. The van der Waals surface area contributed by atoms with E-state index in [-0.39, 0.29) is 5.54 Å². The number of allylic oxidation sites excluding steroid dienone is 2. The Balaban J connectivity index is 2.69. The predicted octanol–water partition coefficient (Wildman–Crippen LogP) is 1.65. The van der Waals surface area contributed by atoms with E-state index in [0.717, 1.165) is 6.42 Å². The monoisotopic (exact) mass is 135 g/mol. The van der Waals surface area contributed by atoms with Crippen molar-refractivity contribution in [1.29, 1.82) is 0 Å². The highest BCUT2D eigenvalue weighted by molar-refractivity contribution is 5.46. The second-order valence-corrected chi connectivity index (χ2v) is 2.53. The lowest BCUT2D eigenvalue weighted by Crippen LogP contribution is -2.24.